The van der Waals surface area contributed by atoms with E-state index in [9.17, 15) is 14.7 Å². The molecule has 0 atom stereocenters. The largest absolute Gasteiger partial charge is 0.464 e. The van der Waals surface area contributed by atoms with Crippen LogP contribution in [0.5, 0.6) is 0 Å². The highest BCUT2D eigenvalue weighted by atomic mass is 16.4. The maximum atomic E-state index is 11.4. The summed E-state index contributed by atoms with van der Waals surface area (Å²) in [6.45, 7) is 0. The number of carbonyl (C=O) groups excluding carboxylic acids is 1. The normalized spacial score (nSPS) is 9.68. The Bertz CT molecular complexity index is 567. The second-order valence-corrected chi connectivity index (χ2v) is 3.76. The van der Waals surface area contributed by atoms with Gasteiger partial charge in [0.1, 0.15) is 0 Å². The average molecular weight is 256 g/mol. The van der Waals surface area contributed by atoms with Crippen LogP contribution < -0.4 is 10.2 Å². The lowest BCUT2D eigenvalue weighted by atomic mass is 10.2. The Morgan fingerprint density at radius 3 is 2.11 bits per heavy atom. The number of benzene rings is 2. The van der Waals surface area contributed by atoms with E-state index in [0.717, 1.165) is 0 Å². The lowest BCUT2D eigenvalue weighted by Gasteiger charge is -2.19. The zero-order valence-corrected chi connectivity index (χ0v) is 9.98. The van der Waals surface area contributed by atoms with Crippen LogP contribution in [-0.2, 0) is 4.79 Å². The Morgan fingerprint density at radius 2 is 1.58 bits per heavy atom. The summed E-state index contributed by atoms with van der Waals surface area (Å²) < 4.78 is 0. The number of rotatable bonds is 4. The fourth-order valence-corrected chi connectivity index (χ4v) is 1.72. The molecule has 0 fully saturated rings. The molecule has 2 aromatic carbocycles. The number of para-hydroxylation sites is 1. The molecule has 0 saturated heterocycles. The van der Waals surface area contributed by atoms with Crippen LogP contribution in [0.4, 0.5) is 21.9 Å². The highest BCUT2D eigenvalue weighted by Gasteiger charge is 2.16. The molecule has 0 aliphatic carbocycles. The zero-order chi connectivity index (χ0) is 13.7. The third-order valence-electron chi connectivity index (χ3n) is 2.56. The van der Waals surface area contributed by atoms with Crippen molar-refractivity contribution in [2.24, 2.45) is 0 Å². The number of hydrogen-bond acceptors (Lipinski definition) is 2. The van der Waals surface area contributed by atoms with Crippen LogP contribution in [0.3, 0.4) is 0 Å². The molecule has 0 radical (unpaired) electrons. The predicted molar refractivity (Wildman–Crippen MR) is 72.7 cm³/mol. The van der Waals surface area contributed by atoms with Crippen LogP contribution in [-0.4, -0.2) is 17.6 Å². The van der Waals surface area contributed by atoms with E-state index >= 15 is 0 Å². The molecule has 0 bridgehead atoms. The second kappa shape index (κ2) is 5.68. The van der Waals surface area contributed by atoms with E-state index in [4.69, 9.17) is 0 Å². The van der Waals surface area contributed by atoms with Crippen molar-refractivity contribution in [2.75, 3.05) is 10.2 Å². The van der Waals surface area contributed by atoms with Crippen LogP contribution in [0.25, 0.3) is 0 Å². The van der Waals surface area contributed by atoms with Crippen molar-refractivity contribution in [2.45, 2.75) is 0 Å². The first-order valence-electron chi connectivity index (χ1n) is 5.60. The summed E-state index contributed by atoms with van der Waals surface area (Å²) in [6.07, 6.45) is -0.497. The quantitative estimate of drug-likeness (QED) is 0.826. The van der Waals surface area contributed by atoms with E-state index in [2.05, 4.69) is 5.32 Å². The SMILES string of the molecule is O=CNc1ccc(N(C(=O)O)c2ccccc2)cc1. The molecule has 0 aliphatic rings. The van der Waals surface area contributed by atoms with Crippen molar-refractivity contribution in [1.29, 1.82) is 0 Å². The van der Waals surface area contributed by atoms with Gasteiger partial charge < -0.3 is 10.4 Å². The first-order valence-corrected chi connectivity index (χ1v) is 5.60. The maximum Gasteiger partial charge on any atom is 0.416 e. The van der Waals surface area contributed by atoms with Crippen LogP contribution in [0.2, 0.25) is 0 Å². The Balaban J connectivity index is 2.35. The topological polar surface area (TPSA) is 69.6 Å². The van der Waals surface area contributed by atoms with E-state index in [1.165, 1.54) is 4.90 Å². The molecule has 2 N–H and O–H groups in total. The Morgan fingerprint density at radius 1 is 1.00 bits per heavy atom. The maximum absolute atomic E-state index is 11.4. The number of nitrogens with one attached hydrogen (secondary N) is 1. The lowest BCUT2D eigenvalue weighted by Crippen LogP contribution is -2.23. The Labute approximate surface area is 110 Å². The van der Waals surface area contributed by atoms with Gasteiger partial charge in [-0.05, 0) is 36.4 Å². The van der Waals surface area contributed by atoms with Crippen molar-refractivity contribution >= 4 is 29.6 Å². The molecule has 2 amide bonds. The number of amides is 2. The molecule has 5 heteroatoms. The van der Waals surface area contributed by atoms with Gasteiger partial charge in [-0.25, -0.2) is 9.69 Å². The third kappa shape index (κ3) is 2.90. The summed E-state index contributed by atoms with van der Waals surface area (Å²) in [4.78, 5) is 22.8. The van der Waals surface area contributed by atoms with Gasteiger partial charge in [0.2, 0.25) is 6.41 Å². The highest BCUT2D eigenvalue weighted by molar-refractivity contribution is 5.95. The molecule has 0 heterocycles. The number of carbonyl (C=O) groups is 2. The number of anilines is 3. The van der Waals surface area contributed by atoms with E-state index in [1.54, 1.807) is 48.5 Å². The van der Waals surface area contributed by atoms with Gasteiger partial charge in [-0.3, -0.25) is 4.79 Å². The third-order valence-corrected chi connectivity index (χ3v) is 2.56. The van der Waals surface area contributed by atoms with Crippen molar-refractivity contribution in [3.8, 4) is 0 Å². The predicted octanol–water partition coefficient (Wildman–Crippen LogP) is 3.07. The molecule has 0 aromatic heterocycles. The summed E-state index contributed by atoms with van der Waals surface area (Å²) in [5, 5.41) is 11.8. The monoisotopic (exact) mass is 256 g/mol. The summed E-state index contributed by atoms with van der Waals surface area (Å²) in [7, 11) is 0. The minimum absolute atomic E-state index is 0.509. The molecular weight excluding hydrogens is 244 g/mol. The molecular formula is C14H12N2O3. The first kappa shape index (κ1) is 12.6. The van der Waals surface area contributed by atoms with E-state index in [0.29, 0.717) is 23.5 Å². The minimum atomic E-state index is -1.07. The van der Waals surface area contributed by atoms with Crippen molar-refractivity contribution in [1.82, 2.24) is 0 Å². The Hall–Kier alpha value is -2.82. The van der Waals surface area contributed by atoms with Crippen LogP contribution >= 0.6 is 0 Å². The smallest absolute Gasteiger partial charge is 0.416 e. The Kier molecular flexibility index (Phi) is 3.78. The number of hydrogen-bond donors (Lipinski definition) is 2. The summed E-state index contributed by atoms with van der Waals surface area (Å²) in [5.74, 6) is 0. The van der Waals surface area contributed by atoms with Gasteiger partial charge in [0, 0.05) is 5.69 Å². The molecule has 0 aliphatic heterocycles. The molecule has 0 saturated carbocycles. The molecule has 19 heavy (non-hydrogen) atoms. The van der Waals surface area contributed by atoms with Gasteiger partial charge in [0.25, 0.3) is 0 Å². The van der Waals surface area contributed by atoms with Crippen molar-refractivity contribution in [3.63, 3.8) is 0 Å². The second-order valence-electron chi connectivity index (χ2n) is 3.76. The summed E-state index contributed by atoms with van der Waals surface area (Å²) >= 11 is 0. The van der Waals surface area contributed by atoms with E-state index in [1.807, 2.05) is 6.07 Å². The molecule has 0 unspecified atom stereocenters. The van der Waals surface area contributed by atoms with Gasteiger partial charge in [0.05, 0.1) is 11.4 Å². The minimum Gasteiger partial charge on any atom is -0.464 e. The molecule has 5 nitrogen and oxygen atoms in total. The van der Waals surface area contributed by atoms with Gasteiger partial charge in [-0.1, -0.05) is 18.2 Å². The van der Waals surface area contributed by atoms with Crippen LogP contribution in [0.15, 0.2) is 54.6 Å². The van der Waals surface area contributed by atoms with Crippen molar-refractivity contribution in [3.05, 3.63) is 54.6 Å². The van der Waals surface area contributed by atoms with Gasteiger partial charge in [-0.15, -0.1) is 0 Å². The molecule has 0 spiro atoms. The average Bonchev–Trinajstić information content (AvgIpc) is 2.42. The number of carboxylic acid groups (broad SMARTS) is 1. The zero-order valence-electron chi connectivity index (χ0n) is 9.98. The van der Waals surface area contributed by atoms with E-state index in [-0.39, 0.29) is 0 Å². The fourth-order valence-electron chi connectivity index (χ4n) is 1.72. The fraction of sp³-hybridized carbons (Fsp3) is 0. The first-order chi connectivity index (χ1) is 9.22. The van der Waals surface area contributed by atoms with Gasteiger partial charge >= 0.3 is 6.09 Å². The molecule has 96 valence electrons. The number of nitrogens with zero attached hydrogens (tertiary/aromatic N) is 1. The summed E-state index contributed by atoms with van der Waals surface area (Å²) in [6, 6.07) is 15.3. The standard InChI is InChI=1S/C14H12N2O3/c17-10-15-11-6-8-13(9-7-11)16(14(18)19)12-4-2-1-3-5-12/h1-10H,(H,15,17)(H,18,19). The molecule has 2 rings (SSSR count). The van der Waals surface area contributed by atoms with Gasteiger partial charge in [0.15, 0.2) is 0 Å². The van der Waals surface area contributed by atoms with Gasteiger partial charge in [-0.2, -0.15) is 0 Å². The summed E-state index contributed by atoms with van der Waals surface area (Å²) in [5.41, 5.74) is 1.68. The van der Waals surface area contributed by atoms with Crippen LogP contribution in [0.1, 0.15) is 0 Å². The molecule has 2 aromatic rings. The lowest BCUT2D eigenvalue weighted by molar-refractivity contribution is -0.105. The highest BCUT2D eigenvalue weighted by Crippen LogP contribution is 2.26. The van der Waals surface area contributed by atoms with Crippen molar-refractivity contribution < 1.29 is 14.7 Å². The van der Waals surface area contributed by atoms with Crippen LogP contribution in [0, 0.1) is 0 Å². The van der Waals surface area contributed by atoms with E-state index < -0.39 is 6.09 Å².